The van der Waals surface area contributed by atoms with Gasteiger partial charge in [0.2, 0.25) is 0 Å². The van der Waals surface area contributed by atoms with Crippen molar-refractivity contribution in [2.75, 3.05) is 13.1 Å². The second-order valence-electron chi connectivity index (χ2n) is 5.33. The number of aromatic nitrogens is 1. The van der Waals surface area contributed by atoms with Crippen LogP contribution in [-0.4, -0.2) is 29.0 Å². The van der Waals surface area contributed by atoms with Crippen molar-refractivity contribution in [3.8, 4) is 0 Å². The molecule has 4 heteroatoms. The van der Waals surface area contributed by atoms with E-state index in [-0.39, 0.29) is 4.87 Å². The lowest BCUT2D eigenvalue weighted by Crippen LogP contribution is -2.49. The van der Waals surface area contributed by atoms with E-state index in [1.165, 1.54) is 54.3 Å². The van der Waals surface area contributed by atoms with E-state index in [1.54, 1.807) is 0 Å². The van der Waals surface area contributed by atoms with Crippen LogP contribution in [0.1, 0.15) is 36.8 Å². The van der Waals surface area contributed by atoms with Gasteiger partial charge in [0, 0.05) is 16.6 Å². The van der Waals surface area contributed by atoms with E-state index >= 15 is 0 Å². The number of rotatable bonds is 2. The average molecular weight is 252 g/mol. The summed E-state index contributed by atoms with van der Waals surface area (Å²) in [6, 6.07) is 0.697. The van der Waals surface area contributed by atoms with Crippen molar-refractivity contribution in [3.05, 3.63) is 20.2 Å². The van der Waals surface area contributed by atoms with E-state index in [2.05, 4.69) is 16.8 Å². The first-order chi connectivity index (χ1) is 8.28. The van der Waals surface area contributed by atoms with Gasteiger partial charge in [-0.2, -0.15) is 0 Å². The predicted molar refractivity (Wildman–Crippen MR) is 70.7 cm³/mol. The van der Waals surface area contributed by atoms with Crippen molar-refractivity contribution >= 4 is 11.3 Å². The zero-order chi connectivity index (χ0) is 11.8. The van der Waals surface area contributed by atoms with Crippen LogP contribution >= 0.6 is 11.3 Å². The molecule has 0 saturated carbocycles. The molecule has 0 amide bonds. The van der Waals surface area contributed by atoms with Gasteiger partial charge in [-0.15, -0.1) is 0 Å². The summed E-state index contributed by atoms with van der Waals surface area (Å²) in [6.45, 7) is 4.73. The molecule has 1 fully saturated rings. The normalized spacial score (nSPS) is 28.8. The molecule has 1 aliphatic carbocycles. The summed E-state index contributed by atoms with van der Waals surface area (Å²) in [5.74, 6) is 0.771. The van der Waals surface area contributed by atoms with Gasteiger partial charge in [-0.05, 0) is 51.1 Å². The van der Waals surface area contributed by atoms with Gasteiger partial charge in [0.15, 0.2) is 0 Å². The van der Waals surface area contributed by atoms with E-state index in [0.717, 1.165) is 18.8 Å². The maximum atomic E-state index is 11.4. The van der Waals surface area contributed by atoms with Crippen LogP contribution in [0, 0.1) is 5.92 Å². The molecule has 0 aromatic carbocycles. The van der Waals surface area contributed by atoms with Crippen LogP contribution < -0.4 is 4.87 Å². The zero-order valence-corrected chi connectivity index (χ0v) is 11.2. The molecule has 1 aromatic heterocycles. The fraction of sp³-hybridized carbons (Fsp3) is 0.769. The summed E-state index contributed by atoms with van der Waals surface area (Å²) in [6.07, 6.45) is 6.09. The maximum Gasteiger partial charge on any atom is 0.304 e. The van der Waals surface area contributed by atoms with E-state index in [9.17, 15) is 4.79 Å². The smallest absolute Gasteiger partial charge is 0.304 e. The minimum atomic E-state index is 0.135. The first-order valence-corrected chi connectivity index (χ1v) is 7.54. The van der Waals surface area contributed by atoms with Crippen LogP contribution in [-0.2, 0) is 12.8 Å². The number of nitrogens with one attached hydrogen (secondary N) is 1. The van der Waals surface area contributed by atoms with Crippen molar-refractivity contribution < 1.29 is 0 Å². The molecule has 1 aromatic rings. The Hall–Kier alpha value is -0.610. The van der Waals surface area contributed by atoms with Crippen LogP contribution in [0.4, 0.5) is 0 Å². The van der Waals surface area contributed by atoms with E-state index < -0.39 is 0 Å². The Morgan fingerprint density at radius 1 is 1.47 bits per heavy atom. The molecule has 1 N–H and O–H groups in total. The molecule has 17 heavy (non-hydrogen) atoms. The third kappa shape index (κ3) is 2.08. The first kappa shape index (κ1) is 11.5. The number of piperidine rings is 1. The number of hydrogen-bond donors (Lipinski definition) is 1. The van der Waals surface area contributed by atoms with Gasteiger partial charge in [0.25, 0.3) is 0 Å². The number of nitrogens with zero attached hydrogens (tertiary/aromatic N) is 1. The zero-order valence-electron chi connectivity index (χ0n) is 10.4. The Morgan fingerprint density at radius 2 is 2.35 bits per heavy atom. The SMILES string of the molecule is CCCN1CCC[C@@H]2Cc3[nH]c(=O)sc3C[C@H]21. The maximum absolute atomic E-state index is 11.4. The molecule has 0 unspecified atom stereocenters. The number of hydrogen-bond acceptors (Lipinski definition) is 3. The van der Waals surface area contributed by atoms with Crippen molar-refractivity contribution in [3.63, 3.8) is 0 Å². The lowest BCUT2D eigenvalue weighted by molar-refractivity contribution is 0.0857. The Balaban J connectivity index is 1.85. The van der Waals surface area contributed by atoms with Crippen molar-refractivity contribution in [1.29, 1.82) is 0 Å². The van der Waals surface area contributed by atoms with Crippen LogP contribution in [0.5, 0.6) is 0 Å². The lowest BCUT2D eigenvalue weighted by atomic mass is 9.79. The molecule has 0 radical (unpaired) electrons. The third-order valence-electron chi connectivity index (χ3n) is 4.21. The van der Waals surface area contributed by atoms with E-state index in [1.807, 2.05) is 0 Å². The summed E-state index contributed by atoms with van der Waals surface area (Å²) >= 11 is 1.43. The van der Waals surface area contributed by atoms with Gasteiger partial charge >= 0.3 is 4.87 Å². The van der Waals surface area contributed by atoms with Crippen LogP contribution in [0.2, 0.25) is 0 Å². The van der Waals surface area contributed by atoms with Crippen LogP contribution in [0.15, 0.2) is 4.79 Å². The molecule has 1 aliphatic heterocycles. The minimum Gasteiger partial charge on any atom is -0.316 e. The fourth-order valence-electron chi connectivity index (χ4n) is 3.49. The van der Waals surface area contributed by atoms with Crippen molar-refractivity contribution in [1.82, 2.24) is 9.88 Å². The number of H-pyrrole nitrogens is 1. The largest absolute Gasteiger partial charge is 0.316 e. The Morgan fingerprint density at radius 3 is 3.18 bits per heavy atom. The van der Waals surface area contributed by atoms with E-state index in [0.29, 0.717) is 6.04 Å². The van der Waals surface area contributed by atoms with Gasteiger partial charge in [0.05, 0.1) is 0 Å². The first-order valence-electron chi connectivity index (χ1n) is 6.73. The molecule has 3 rings (SSSR count). The molecule has 1 saturated heterocycles. The molecule has 0 spiro atoms. The highest BCUT2D eigenvalue weighted by atomic mass is 32.1. The van der Waals surface area contributed by atoms with Gasteiger partial charge in [-0.3, -0.25) is 9.69 Å². The molecule has 2 aliphatic rings. The van der Waals surface area contributed by atoms with Crippen LogP contribution in [0.25, 0.3) is 0 Å². The molecule has 2 heterocycles. The van der Waals surface area contributed by atoms with E-state index in [4.69, 9.17) is 0 Å². The molecule has 94 valence electrons. The van der Waals surface area contributed by atoms with Crippen molar-refractivity contribution in [2.24, 2.45) is 5.92 Å². The minimum absolute atomic E-state index is 0.135. The Bertz CT molecular complexity index is 449. The summed E-state index contributed by atoms with van der Waals surface area (Å²) < 4.78 is 0. The lowest BCUT2D eigenvalue weighted by Gasteiger charge is -2.43. The molecule has 0 bridgehead atoms. The molecule has 2 atom stereocenters. The van der Waals surface area contributed by atoms with Crippen molar-refractivity contribution in [2.45, 2.75) is 45.1 Å². The number of likely N-dealkylation sites (tertiary alicyclic amines) is 1. The monoisotopic (exact) mass is 252 g/mol. The van der Waals surface area contributed by atoms with Gasteiger partial charge in [-0.25, -0.2) is 0 Å². The second kappa shape index (κ2) is 4.58. The van der Waals surface area contributed by atoms with Crippen LogP contribution in [0.3, 0.4) is 0 Å². The highest BCUT2D eigenvalue weighted by Gasteiger charge is 2.36. The van der Waals surface area contributed by atoms with Gasteiger partial charge < -0.3 is 4.98 Å². The van der Waals surface area contributed by atoms with Gasteiger partial charge in [0.1, 0.15) is 0 Å². The standard InChI is InChI=1S/C13H20N2OS/c1-2-5-15-6-3-4-9-7-10-12(8-11(9)15)17-13(16)14-10/h9,11H,2-8H2,1H3,(H,14,16)/t9-,11-/m1/s1. The number of thiazole rings is 1. The third-order valence-corrected chi connectivity index (χ3v) is 5.16. The topological polar surface area (TPSA) is 36.1 Å². The second-order valence-corrected chi connectivity index (χ2v) is 6.40. The Labute approximate surface area is 106 Å². The highest BCUT2D eigenvalue weighted by Crippen LogP contribution is 2.35. The summed E-state index contributed by atoms with van der Waals surface area (Å²) in [5.41, 5.74) is 1.24. The Kier molecular flexibility index (Phi) is 3.09. The fourth-order valence-corrected chi connectivity index (χ4v) is 4.40. The summed E-state index contributed by atoms with van der Waals surface area (Å²) in [7, 11) is 0. The summed E-state index contributed by atoms with van der Waals surface area (Å²) in [4.78, 5) is 18.5. The molecule has 3 nitrogen and oxygen atoms in total. The van der Waals surface area contributed by atoms with Gasteiger partial charge in [-0.1, -0.05) is 18.3 Å². The quantitative estimate of drug-likeness (QED) is 0.874. The summed E-state index contributed by atoms with van der Waals surface area (Å²) in [5, 5.41) is 0. The number of aromatic amines is 1. The molecular weight excluding hydrogens is 232 g/mol. The average Bonchev–Trinajstić information content (AvgIpc) is 2.66. The predicted octanol–water partition coefficient (Wildman–Crippen LogP) is 2.03. The number of fused-ring (bicyclic) bond motifs is 2. The molecular formula is C13H20N2OS. The highest BCUT2D eigenvalue weighted by molar-refractivity contribution is 7.09.